The Hall–Kier alpha value is -3.66. The van der Waals surface area contributed by atoms with Crippen LogP contribution in [0.5, 0.6) is 0 Å². The van der Waals surface area contributed by atoms with Crippen LogP contribution in [-0.2, 0) is 15.6 Å². The fraction of sp³-hybridized carbons (Fsp3) is 0.261. The van der Waals surface area contributed by atoms with Gasteiger partial charge >= 0.3 is 0 Å². The highest BCUT2D eigenvalue weighted by Crippen LogP contribution is 2.43. The van der Waals surface area contributed by atoms with E-state index in [2.05, 4.69) is 9.97 Å². The van der Waals surface area contributed by atoms with Crippen molar-refractivity contribution < 1.29 is 13.8 Å². The molecule has 2 aromatic heterocycles. The number of fused-ring (bicyclic) bond motifs is 2. The summed E-state index contributed by atoms with van der Waals surface area (Å²) < 4.78 is 12.4. The number of likely N-dealkylation sites (N-methyl/N-ethyl adjacent to an activating group) is 2. The Morgan fingerprint density at radius 2 is 1.85 bits per heavy atom. The zero-order valence-corrected chi connectivity index (χ0v) is 19.4. The minimum Gasteiger partial charge on any atom is -0.346 e. The van der Waals surface area contributed by atoms with Gasteiger partial charge in [0.2, 0.25) is 11.9 Å². The van der Waals surface area contributed by atoms with Crippen LogP contribution in [-0.4, -0.2) is 57.4 Å². The molecule has 0 saturated carbocycles. The molecule has 168 valence electrons. The number of rotatable bonds is 3. The van der Waals surface area contributed by atoms with Crippen molar-refractivity contribution in [3.05, 3.63) is 65.6 Å². The molecule has 0 radical (unpaired) electrons. The zero-order chi connectivity index (χ0) is 23.4. The van der Waals surface area contributed by atoms with E-state index in [0.717, 1.165) is 11.1 Å². The van der Waals surface area contributed by atoms with E-state index >= 15 is 0 Å². The number of anilines is 3. The summed E-state index contributed by atoms with van der Waals surface area (Å²) in [5.41, 5.74) is 2.50. The second-order valence-electron chi connectivity index (χ2n) is 8.10. The van der Waals surface area contributed by atoms with E-state index in [4.69, 9.17) is 4.98 Å². The van der Waals surface area contributed by atoms with Gasteiger partial charge in [-0.2, -0.15) is 4.98 Å². The predicted molar refractivity (Wildman–Crippen MR) is 125 cm³/mol. The summed E-state index contributed by atoms with van der Waals surface area (Å²) in [5, 5.41) is 0. The molecule has 3 aromatic rings. The van der Waals surface area contributed by atoms with Crippen molar-refractivity contribution in [2.24, 2.45) is 0 Å². The van der Waals surface area contributed by atoms with Gasteiger partial charge in [0, 0.05) is 32.7 Å². The van der Waals surface area contributed by atoms with Gasteiger partial charge in [0.15, 0.2) is 5.82 Å². The molecule has 3 atom stereocenters. The number of carbonyl (C=O) groups excluding carboxylic acids is 2. The Morgan fingerprint density at radius 3 is 2.55 bits per heavy atom. The van der Waals surface area contributed by atoms with Crippen molar-refractivity contribution in [3.8, 4) is 0 Å². The largest absolute Gasteiger partial charge is 0.346 e. The number of amides is 2. The Labute approximate surface area is 193 Å². The molecule has 0 fully saturated rings. The first-order chi connectivity index (χ1) is 15.8. The summed E-state index contributed by atoms with van der Waals surface area (Å²) in [7, 11) is 2.13. The first-order valence-corrected chi connectivity index (χ1v) is 11.9. The molecule has 0 spiro atoms. The van der Waals surface area contributed by atoms with Crippen LogP contribution >= 0.6 is 0 Å². The maximum absolute atomic E-state index is 13.7. The van der Waals surface area contributed by atoms with E-state index in [1.165, 1.54) is 9.80 Å². The third-order valence-electron chi connectivity index (χ3n) is 6.27. The lowest BCUT2D eigenvalue weighted by atomic mass is 9.99. The Bertz CT molecular complexity index is 1310. The number of hydrogen-bond acceptors (Lipinski definition) is 7. The molecule has 33 heavy (non-hydrogen) atoms. The van der Waals surface area contributed by atoms with Crippen LogP contribution in [0.2, 0.25) is 0 Å². The average molecular weight is 463 g/mol. The molecule has 4 heterocycles. The first-order valence-electron chi connectivity index (χ1n) is 10.4. The second kappa shape index (κ2) is 7.73. The van der Waals surface area contributed by atoms with E-state index in [0.29, 0.717) is 22.0 Å². The Balaban J connectivity index is 1.71. The van der Waals surface area contributed by atoms with Gasteiger partial charge in [-0.3, -0.25) is 23.7 Å². The molecule has 9 nitrogen and oxygen atoms in total. The normalized spacial score (nSPS) is 20.7. The van der Waals surface area contributed by atoms with Crippen molar-refractivity contribution in [1.82, 2.24) is 15.0 Å². The van der Waals surface area contributed by atoms with Crippen molar-refractivity contribution in [2.45, 2.75) is 23.9 Å². The van der Waals surface area contributed by atoms with Crippen molar-refractivity contribution >= 4 is 40.1 Å². The van der Waals surface area contributed by atoms with Gasteiger partial charge < -0.3 is 9.80 Å². The predicted octanol–water partition coefficient (Wildman–Crippen LogP) is 2.16. The van der Waals surface area contributed by atoms with E-state index < -0.39 is 22.9 Å². The summed E-state index contributed by atoms with van der Waals surface area (Å²) >= 11 is 0. The summed E-state index contributed by atoms with van der Waals surface area (Å²) in [6.45, 7) is 1.81. The molecular formula is C23H22N6O3S. The van der Waals surface area contributed by atoms with Gasteiger partial charge in [0.25, 0.3) is 5.91 Å². The summed E-state index contributed by atoms with van der Waals surface area (Å²) in [5.74, 6) is 0.385. The van der Waals surface area contributed by atoms with Crippen molar-refractivity contribution in [1.29, 1.82) is 0 Å². The standard InChI is InChI=1S/C23H22N6O3S/c1-13-21(30)28(3)16-12-25-23(26-20(16)27(13)2)29-19(14-7-6-10-24-11-14)15-8-5-9-17(33(4)32)18(15)22(29)31/h5-13,19H,1-4H3/t13-,19?,33?/m1/s1. The van der Waals surface area contributed by atoms with Crippen LogP contribution < -0.4 is 14.7 Å². The lowest BCUT2D eigenvalue weighted by Crippen LogP contribution is -2.49. The van der Waals surface area contributed by atoms with Gasteiger partial charge in [-0.1, -0.05) is 18.2 Å². The molecule has 2 aliphatic rings. The molecule has 0 bridgehead atoms. The maximum atomic E-state index is 13.7. The third kappa shape index (κ3) is 3.12. The molecule has 2 aliphatic heterocycles. The highest BCUT2D eigenvalue weighted by Gasteiger charge is 2.43. The number of aromatic nitrogens is 3. The number of benzene rings is 1. The van der Waals surface area contributed by atoms with E-state index in [1.807, 2.05) is 25.1 Å². The second-order valence-corrected chi connectivity index (χ2v) is 9.45. The lowest BCUT2D eigenvalue weighted by Gasteiger charge is -2.37. The summed E-state index contributed by atoms with van der Waals surface area (Å²) in [6, 6.07) is 8.15. The lowest BCUT2D eigenvalue weighted by molar-refractivity contribution is -0.119. The van der Waals surface area contributed by atoms with Crippen LogP contribution in [0, 0.1) is 0 Å². The maximum Gasteiger partial charge on any atom is 0.263 e. The number of nitrogens with zero attached hydrogens (tertiary/aromatic N) is 6. The fourth-order valence-electron chi connectivity index (χ4n) is 4.41. The molecule has 0 aliphatic carbocycles. The van der Waals surface area contributed by atoms with Crippen molar-refractivity contribution in [2.75, 3.05) is 35.1 Å². The molecule has 10 heteroatoms. The van der Waals surface area contributed by atoms with Gasteiger partial charge in [-0.05, 0) is 30.2 Å². The Kier molecular flexibility index (Phi) is 4.97. The summed E-state index contributed by atoms with van der Waals surface area (Å²) in [4.78, 5) is 45.0. The summed E-state index contributed by atoms with van der Waals surface area (Å²) in [6.07, 6.45) is 6.49. The molecule has 0 N–H and O–H groups in total. The fourth-order valence-corrected chi connectivity index (χ4v) is 5.17. The minimum atomic E-state index is -1.35. The molecule has 2 unspecified atom stereocenters. The Morgan fingerprint density at radius 1 is 1.06 bits per heavy atom. The van der Waals surface area contributed by atoms with Crippen molar-refractivity contribution in [3.63, 3.8) is 0 Å². The number of pyridine rings is 1. The number of carbonyl (C=O) groups is 2. The minimum absolute atomic E-state index is 0.0608. The van der Waals surface area contributed by atoms with Crippen LogP contribution in [0.4, 0.5) is 17.5 Å². The number of hydrogen-bond donors (Lipinski definition) is 0. The SMILES string of the molecule is C[C@@H]1C(=O)N(C)c2cnc(N3C(=O)c4c(cccc4S(C)=O)C3c3cccnc3)nc2N1C. The van der Waals surface area contributed by atoms with Crippen LogP contribution in [0.25, 0.3) is 0 Å². The van der Waals surface area contributed by atoms with Gasteiger partial charge in [-0.15, -0.1) is 0 Å². The van der Waals surface area contributed by atoms with E-state index in [9.17, 15) is 13.8 Å². The monoisotopic (exact) mass is 462 g/mol. The van der Waals surface area contributed by atoms with Crippen LogP contribution in [0.1, 0.15) is 34.5 Å². The molecular weight excluding hydrogens is 440 g/mol. The van der Waals surface area contributed by atoms with Gasteiger partial charge in [-0.25, -0.2) is 4.98 Å². The van der Waals surface area contributed by atoms with Crippen LogP contribution in [0.15, 0.2) is 53.8 Å². The molecule has 1 aromatic carbocycles. The van der Waals surface area contributed by atoms with Gasteiger partial charge in [0.05, 0.1) is 33.5 Å². The first kappa shape index (κ1) is 21.2. The topological polar surface area (TPSA) is 99.6 Å². The highest BCUT2D eigenvalue weighted by atomic mass is 32.2. The van der Waals surface area contributed by atoms with E-state index in [-0.39, 0.29) is 17.8 Å². The third-order valence-corrected chi connectivity index (χ3v) is 7.23. The molecule has 5 rings (SSSR count). The molecule has 0 saturated heterocycles. The van der Waals surface area contributed by atoms with Gasteiger partial charge in [0.1, 0.15) is 11.7 Å². The van der Waals surface area contributed by atoms with E-state index in [1.54, 1.807) is 56.0 Å². The highest BCUT2D eigenvalue weighted by molar-refractivity contribution is 7.84. The zero-order valence-electron chi connectivity index (χ0n) is 18.6. The smallest absolute Gasteiger partial charge is 0.263 e. The average Bonchev–Trinajstić information content (AvgIpc) is 3.14. The molecule has 2 amide bonds. The quantitative estimate of drug-likeness (QED) is 0.588. The van der Waals surface area contributed by atoms with Crippen LogP contribution in [0.3, 0.4) is 0 Å².